The molecule has 1 aromatic rings. The van der Waals surface area contributed by atoms with E-state index in [0.717, 1.165) is 15.7 Å². The number of ether oxygens (including phenoxy) is 1. The highest BCUT2D eigenvalue weighted by Gasteiger charge is 2.11. The van der Waals surface area contributed by atoms with Crippen molar-refractivity contribution in [1.82, 2.24) is 4.90 Å². The van der Waals surface area contributed by atoms with Crippen LogP contribution in [0.1, 0.15) is 5.56 Å². The van der Waals surface area contributed by atoms with E-state index in [0.29, 0.717) is 6.54 Å². The van der Waals surface area contributed by atoms with Gasteiger partial charge in [-0.1, -0.05) is 15.9 Å². The van der Waals surface area contributed by atoms with Crippen molar-refractivity contribution in [2.24, 2.45) is 0 Å². The fourth-order valence-electron chi connectivity index (χ4n) is 1.84. The molecule has 1 atom stereocenters. The Labute approximate surface area is 128 Å². The summed E-state index contributed by atoms with van der Waals surface area (Å²) in [6.07, 6.45) is -0.590. The zero-order valence-electron chi connectivity index (χ0n) is 12.0. The van der Waals surface area contributed by atoms with Gasteiger partial charge in [0, 0.05) is 23.8 Å². The maximum atomic E-state index is 11.9. The number of carbonyl (C=O) groups is 1. The van der Waals surface area contributed by atoms with Crippen LogP contribution in [0, 0.1) is 6.92 Å². The second-order valence-corrected chi connectivity index (χ2v) is 5.67. The zero-order chi connectivity index (χ0) is 15.1. The summed E-state index contributed by atoms with van der Waals surface area (Å²) in [5.74, 6) is -0.112. The van der Waals surface area contributed by atoms with Crippen LogP contribution < -0.4 is 5.32 Å². The van der Waals surface area contributed by atoms with Gasteiger partial charge < -0.3 is 15.2 Å². The van der Waals surface area contributed by atoms with E-state index in [1.165, 1.54) is 7.11 Å². The van der Waals surface area contributed by atoms with Gasteiger partial charge in [0.25, 0.3) is 0 Å². The van der Waals surface area contributed by atoms with Crippen LogP contribution in [0.4, 0.5) is 5.69 Å². The van der Waals surface area contributed by atoms with E-state index in [1.54, 1.807) is 11.9 Å². The maximum Gasteiger partial charge on any atom is 0.238 e. The number of benzene rings is 1. The number of nitrogens with zero attached hydrogens (tertiary/aromatic N) is 1. The molecule has 0 saturated carbocycles. The number of carbonyl (C=O) groups excluding carboxylic acids is 1. The van der Waals surface area contributed by atoms with E-state index in [4.69, 9.17) is 4.74 Å². The van der Waals surface area contributed by atoms with Crippen LogP contribution in [0.15, 0.2) is 22.7 Å². The van der Waals surface area contributed by atoms with Crippen LogP contribution in [0.2, 0.25) is 0 Å². The first kappa shape index (κ1) is 17.1. The quantitative estimate of drug-likeness (QED) is 0.789. The number of aliphatic hydroxyl groups excluding tert-OH is 1. The van der Waals surface area contributed by atoms with Gasteiger partial charge in [-0.25, -0.2) is 0 Å². The molecule has 0 fully saturated rings. The predicted molar refractivity (Wildman–Crippen MR) is 82.9 cm³/mol. The summed E-state index contributed by atoms with van der Waals surface area (Å²) < 4.78 is 5.86. The summed E-state index contributed by atoms with van der Waals surface area (Å²) in [4.78, 5) is 13.6. The molecule has 1 aromatic carbocycles. The Morgan fingerprint density at radius 1 is 1.55 bits per heavy atom. The van der Waals surface area contributed by atoms with Crippen molar-refractivity contribution in [2.75, 3.05) is 39.2 Å². The number of halogens is 1. The Bertz CT molecular complexity index is 454. The number of amides is 1. The Morgan fingerprint density at radius 3 is 2.85 bits per heavy atom. The summed E-state index contributed by atoms with van der Waals surface area (Å²) >= 11 is 3.42. The first-order valence-corrected chi connectivity index (χ1v) is 7.13. The Kier molecular flexibility index (Phi) is 7.15. The normalized spacial score (nSPS) is 12.5. The van der Waals surface area contributed by atoms with Gasteiger partial charge in [0.15, 0.2) is 0 Å². The molecule has 5 nitrogen and oxygen atoms in total. The molecule has 1 rings (SSSR count). The Morgan fingerprint density at radius 2 is 2.25 bits per heavy atom. The number of hydrogen-bond donors (Lipinski definition) is 2. The lowest BCUT2D eigenvalue weighted by molar-refractivity contribution is -0.117. The number of rotatable bonds is 7. The lowest BCUT2D eigenvalue weighted by atomic mass is 10.2. The van der Waals surface area contributed by atoms with Crippen LogP contribution in [0.5, 0.6) is 0 Å². The smallest absolute Gasteiger partial charge is 0.238 e. The van der Waals surface area contributed by atoms with E-state index in [9.17, 15) is 9.90 Å². The minimum absolute atomic E-state index is 0.112. The molecule has 1 unspecified atom stereocenters. The van der Waals surface area contributed by atoms with E-state index in [-0.39, 0.29) is 19.1 Å². The van der Waals surface area contributed by atoms with Gasteiger partial charge in [-0.15, -0.1) is 0 Å². The van der Waals surface area contributed by atoms with Crippen molar-refractivity contribution in [1.29, 1.82) is 0 Å². The largest absolute Gasteiger partial charge is 0.389 e. The first-order chi connectivity index (χ1) is 9.42. The molecular formula is C14H21BrN2O3. The van der Waals surface area contributed by atoms with Crippen molar-refractivity contribution < 1.29 is 14.6 Å². The molecule has 0 aliphatic rings. The monoisotopic (exact) mass is 344 g/mol. The molecule has 0 bridgehead atoms. The average Bonchev–Trinajstić information content (AvgIpc) is 2.33. The zero-order valence-corrected chi connectivity index (χ0v) is 13.6. The summed E-state index contributed by atoms with van der Waals surface area (Å²) in [6.45, 7) is 2.83. The van der Waals surface area contributed by atoms with E-state index < -0.39 is 6.10 Å². The van der Waals surface area contributed by atoms with Gasteiger partial charge in [0.2, 0.25) is 5.91 Å². The third-order valence-corrected chi connectivity index (χ3v) is 3.63. The lowest BCUT2D eigenvalue weighted by Crippen LogP contribution is -2.37. The van der Waals surface area contributed by atoms with Crippen molar-refractivity contribution in [3.63, 3.8) is 0 Å². The highest BCUT2D eigenvalue weighted by molar-refractivity contribution is 9.10. The first-order valence-electron chi connectivity index (χ1n) is 6.34. The maximum absolute atomic E-state index is 11.9. The summed E-state index contributed by atoms with van der Waals surface area (Å²) in [6, 6.07) is 5.65. The molecule has 0 aliphatic carbocycles. The van der Waals surface area contributed by atoms with Gasteiger partial charge in [-0.2, -0.15) is 0 Å². The number of anilines is 1. The molecule has 0 spiro atoms. The van der Waals surface area contributed by atoms with Gasteiger partial charge in [-0.3, -0.25) is 9.69 Å². The summed E-state index contributed by atoms with van der Waals surface area (Å²) in [5, 5.41) is 12.4. The predicted octanol–water partition coefficient (Wildman–Crippen LogP) is 1.64. The Hall–Kier alpha value is -0.950. The molecule has 112 valence electrons. The number of methoxy groups -OCH3 is 1. The highest BCUT2D eigenvalue weighted by atomic mass is 79.9. The van der Waals surface area contributed by atoms with E-state index in [1.807, 2.05) is 25.1 Å². The van der Waals surface area contributed by atoms with Crippen LogP contribution in [0.25, 0.3) is 0 Å². The number of hydrogen-bond acceptors (Lipinski definition) is 4. The van der Waals surface area contributed by atoms with Gasteiger partial charge >= 0.3 is 0 Å². The number of nitrogens with one attached hydrogen (secondary N) is 1. The van der Waals surface area contributed by atoms with Gasteiger partial charge in [0.1, 0.15) is 0 Å². The molecule has 2 N–H and O–H groups in total. The SMILES string of the molecule is COCC(O)CN(C)CC(=O)Nc1ccc(Br)c(C)c1. The number of aryl methyl sites for hydroxylation is 1. The molecule has 0 aromatic heterocycles. The number of aliphatic hydroxyl groups is 1. The van der Waals surface area contributed by atoms with Crippen LogP contribution in [-0.4, -0.2) is 55.9 Å². The van der Waals surface area contributed by atoms with Crippen LogP contribution in [0.3, 0.4) is 0 Å². The fourth-order valence-corrected chi connectivity index (χ4v) is 2.08. The van der Waals surface area contributed by atoms with Crippen LogP contribution >= 0.6 is 15.9 Å². The second kappa shape index (κ2) is 8.36. The Balaban J connectivity index is 2.44. The highest BCUT2D eigenvalue weighted by Crippen LogP contribution is 2.19. The van der Waals surface area contributed by atoms with Crippen molar-refractivity contribution in [3.8, 4) is 0 Å². The summed E-state index contributed by atoms with van der Waals surface area (Å²) in [5.41, 5.74) is 1.83. The molecule has 0 aliphatic heterocycles. The van der Waals surface area contributed by atoms with Crippen molar-refractivity contribution in [2.45, 2.75) is 13.0 Å². The molecule has 0 saturated heterocycles. The van der Waals surface area contributed by atoms with E-state index >= 15 is 0 Å². The van der Waals surface area contributed by atoms with Crippen molar-refractivity contribution >= 4 is 27.5 Å². The van der Waals surface area contributed by atoms with Crippen molar-refractivity contribution in [3.05, 3.63) is 28.2 Å². The van der Waals surface area contributed by atoms with Gasteiger partial charge in [0.05, 0.1) is 19.3 Å². The minimum atomic E-state index is -0.590. The third-order valence-electron chi connectivity index (χ3n) is 2.74. The minimum Gasteiger partial charge on any atom is -0.389 e. The average molecular weight is 345 g/mol. The molecule has 20 heavy (non-hydrogen) atoms. The molecule has 1 amide bonds. The molecule has 6 heteroatoms. The molecular weight excluding hydrogens is 324 g/mol. The topological polar surface area (TPSA) is 61.8 Å². The number of likely N-dealkylation sites (N-methyl/N-ethyl adjacent to an activating group) is 1. The lowest BCUT2D eigenvalue weighted by Gasteiger charge is -2.19. The fraction of sp³-hybridized carbons (Fsp3) is 0.500. The molecule has 0 radical (unpaired) electrons. The standard InChI is InChI=1S/C14H21BrN2O3/c1-10-6-11(4-5-13(10)15)16-14(19)8-17(2)7-12(18)9-20-3/h4-6,12,18H,7-9H2,1-3H3,(H,16,19). The van der Waals surface area contributed by atoms with E-state index in [2.05, 4.69) is 21.2 Å². The molecule has 0 heterocycles. The van der Waals surface area contributed by atoms with Crippen LogP contribution in [-0.2, 0) is 9.53 Å². The summed E-state index contributed by atoms with van der Waals surface area (Å²) in [7, 11) is 3.32. The van der Waals surface area contributed by atoms with Gasteiger partial charge in [-0.05, 0) is 37.7 Å². The third kappa shape index (κ3) is 6.00. The second-order valence-electron chi connectivity index (χ2n) is 4.82.